The molecule has 0 saturated carbocycles. The van der Waals surface area contributed by atoms with Crippen LogP contribution in [-0.2, 0) is 0 Å². The summed E-state index contributed by atoms with van der Waals surface area (Å²) in [5.74, 6) is 0.836. The van der Waals surface area contributed by atoms with E-state index >= 15 is 0 Å². The predicted molar refractivity (Wildman–Crippen MR) is 108 cm³/mol. The number of amides is 1. The molecule has 1 heterocycles. The van der Waals surface area contributed by atoms with Crippen molar-refractivity contribution in [2.24, 2.45) is 0 Å². The van der Waals surface area contributed by atoms with Gasteiger partial charge in [0.15, 0.2) is 0 Å². The Bertz CT molecular complexity index is 976. The summed E-state index contributed by atoms with van der Waals surface area (Å²) < 4.78 is 12.6. The van der Waals surface area contributed by atoms with E-state index in [9.17, 15) is 4.79 Å². The second kappa shape index (κ2) is 7.76. The van der Waals surface area contributed by atoms with Crippen LogP contribution in [0.4, 0.5) is 5.69 Å². The van der Waals surface area contributed by atoms with Crippen molar-refractivity contribution >= 4 is 23.2 Å². The number of benzene rings is 2. The Balaban J connectivity index is 1.95. The zero-order valence-corrected chi connectivity index (χ0v) is 16.4. The monoisotopic (exact) mass is 384 g/mol. The lowest BCUT2D eigenvalue weighted by Crippen LogP contribution is -2.14. The van der Waals surface area contributed by atoms with Gasteiger partial charge in [0.2, 0.25) is 0 Å². The molecule has 0 saturated heterocycles. The maximum atomic E-state index is 12.9. The molecule has 1 amide bonds. The second-order valence-corrected chi connectivity index (χ2v) is 6.54. The zero-order valence-electron chi connectivity index (χ0n) is 15.7. The first-order chi connectivity index (χ1) is 12.9. The Morgan fingerprint density at radius 3 is 2.30 bits per heavy atom. The van der Waals surface area contributed by atoms with Gasteiger partial charge in [0.1, 0.15) is 11.5 Å². The minimum Gasteiger partial charge on any atom is -0.497 e. The standard InChI is InChI=1S/C21H21ClN2O3/c1-13-5-6-14(2)24(13)15-7-9-18(22)17(11-15)21(25)23-19-10-8-16(26-3)12-20(19)27-4/h5-12H,1-4H3,(H,23,25). The van der Waals surface area contributed by atoms with E-state index in [1.807, 2.05) is 32.0 Å². The molecule has 3 aromatic rings. The number of rotatable bonds is 5. The first-order valence-electron chi connectivity index (χ1n) is 8.43. The van der Waals surface area contributed by atoms with Crippen LogP contribution < -0.4 is 14.8 Å². The van der Waals surface area contributed by atoms with E-state index in [1.165, 1.54) is 7.11 Å². The molecule has 0 aliphatic carbocycles. The summed E-state index contributed by atoms with van der Waals surface area (Å²) in [7, 11) is 3.11. The van der Waals surface area contributed by atoms with E-state index in [0.29, 0.717) is 27.8 Å². The van der Waals surface area contributed by atoms with E-state index in [0.717, 1.165) is 17.1 Å². The van der Waals surface area contributed by atoms with Crippen molar-refractivity contribution in [2.75, 3.05) is 19.5 Å². The fraction of sp³-hybridized carbons (Fsp3) is 0.190. The number of carbonyl (C=O) groups excluding carboxylic acids is 1. The maximum absolute atomic E-state index is 12.9. The Labute approximate surface area is 163 Å². The number of nitrogens with zero attached hydrogens (tertiary/aromatic N) is 1. The average Bonchev–Trinajstić information content (AvgIpc) is 3.00. The molecular weight excluding hydrogens is 364 g/mol. The van der Waals surface area contributed by atoms with Crippen molar-refractivity contribution < 1.29 is 14.3 Å². The largest absolute Gasteiger partial charge is 0.497 e. The van der Waals surface area contributed by atoms with Gasteiger partial charge in [-0.2, -0.15) is 0 Å². The van der Waals surface area contributed by atoms with Crippen LogP contribution in [0.1, 0.15) is 21.7 Å². The van der Waals surface area contributed by atoms with Gasteiger partial charge in [0.05, 0.1) is 30.5 Å². The minimum absolute atomic E-state index is 0.312. The maximum Gasteiger partial charge on any atom is 0.257 e. The van der Waals surface area contributed by atoms with Gasteiger partial charge in [-0.25, -0.2) is 0 Å². The van der Waals surface area contributed by atoms with Crippen LogP contribution in [-0.4, -0.2) is 24.7 Å². The topological polar surface area (TPSA) is 52.5 Å². The van der Waals surface area contributed by atoms with E-state index in [-0.39, 0.29) is 5.91 Å². The number of aryl methyl sites for hydroxylation is 2. The minimum atomic E-state index is -0.312. The van der Waals surface area contributed by atoms with Crippen LogP contribution in [0.5, 0.6) is 11.5 Å². The second-order valence-electron chi connectivity index (χ2n) is 6.14. The third-order valence-electron chi connectivity index (χ3n) is 4.38. The molecule has 140 valence electrons. The first-order valence-corrected chi connectivity index (χ1v) is 8.80. The molecule has 0 bridgehead atoms. The fourth-order valence-corrected chi connectivity index (χ4v) is 3.20. The van der Waals surface area contributed by atoms with Crippen LogP contribution in [0.2, 0.25) is 5.02 Å². The normalized spacial score (nSPS) is 10.6. The van der Waals surface area contributed by atoms with Crippen LogP contribution in [0.25, 0.3) is 5.69 Å². The number of hydrogen-bond acceptors (Lipinski definition) is 3. The molecule has 2 aromatic carbocycles. The molecule has 1 N–H and O–H groups in total. The highest BCUT2D eigenvalue weighted by atomic mass is 35.5. The molecule has 0 aliphatic rings. The first kappa shape index (κ1) is 18.9. The number of ether oxygens (including phenoxy) is 2. The average molecular weight is 385 g/mol. The van der Waals surface area contributed by atoms with Crippen LogP contribution in [0.3, 0.4) is 0 Å². The molecule has 1 aromatic heterocycles. The van der Waals surface area contributed by atoms with Crippen molar-refractivity contribution in [1.29, 1.82) is 0 Å². The summed E-state index contributed by atoms with van der Waals surface area (Å²) in [6, 6.07) is 14.7. The molecule has 0 unspecified atom stereocenters. The van der Waals surface area contributed by atoms with Crippen molar-refractivity contribution in [3.05, 3.63) is 70.5 Å². The van der Waals surface area contributed by atoms with E-state index < -0.39 is 0 Å². The summed E-state index contributed by atoms with van der Waals surface area (Å²) in [5.41, 5.74) is 3.97. The lowest BCUT2D eigenvalue weighted by molar-refractivity contribution is 0.102. The highest BCUT2D eigenvalue weighted by molar-refractivity contribution is 6.34. The molecular formula is C21H21ClN2O3. The molecule has 27 heavy (non-hydrogen) atoms. The number of aromatic nitrogens is 1. The summed E-state index contributed by atoms with van der Waals surface area (Å²) in [5, 5.41) is 3.24. The van der Waals surface area contributed by atoms with E-state index in [1.54, 1.807) is 37.4 Å². The van der Waals surface area contributed by atoms with Gasteiger partial charge in [-0.1, -0.05) is 11.6 Å². The van der Waals surface area contributed by atoms with Crippen molar-refractivity contribution in [3.63, 3.8) is 0 Å². The lowest BCUT2D eigenvalue weighted by Gasteiger charge is -2.14. The third-order valence-corrected chi connectivity index (χ3v) is 4.71. The van der Waals surface area contributed by atoms with Crippen LogP contribution in [0.15, 0.2) is 48.5 Å². The Kier molecular flexibility index (Phi) is 5.42. The van der Waals surface area contributed by atoms with Gasteiger partial charge in [0.25, 0.3) is 5.91 Å². The van der Waals surface area contributed by atoms with Gasteiger partial charge >= 0.3 is 0 Å². The zero-order chi connectivity index (χ0) is 19.6. The van der Waals surface area contributed by atoms with Crippen molar-refractivity contribution in [1.82, 2.24) is 4.57 Å². The highest BCUT2D eigenvalue weighted by Crippen LogP contribution is 2.30. The smallest absolute Gasteiger partial charge is 0.257 e. The molecule has 0 aliphatic heterocycles. The molecule has 0 radical (unpaired) electrons. The van der Waals surface area contributed by atoms with Crippen LogP contribution >= 0.6 is 11.6 Å². The van der Waals surface area contributed by atoms with Gasteiger partial charge in [-0.3, -0.25) is 4.79 Å². The third kappa shape index (κ3) is 3.78. The van der Waals surface area contributed by atoms with E-state index in [4.69, 9.17) is 21.1 Å². The van der Waals surface area contributed by atoms with E-state index in [2.05, 4.69) is 9.88 Å². The molecule has 5 nitrogen and oxygen atoms in total. The number of nitrogens with one attached hydrogen (secondary N) is 1. The summed E-state index contributed by atoms with van der Waals surface area (Å²) >= 11 is 6.30. The van der Waals surface area contributed by atoms with Gasteiger partial charge in [-0.15, -0.1) is 0 Å². The number of hydrogen-bond donors (Lipinski definition) is 1. The van der Waals surface area contributed by atoms with Gasteiger partial charge in [-0.05, 0) is 56.3 Å². The predicted octanol–water partition coefficient (Wildman–Crippen LogP) is 5.02. The molecule has 0 atom stereocenters. The summed E-state index contributed by atoms with van der Waals surface area (Å²) in [6.45, 7) is 4.03. The van der Waals surface area contributed by atoms with Gasteiger partial charge < -0.3 is 19.4 Å². The number of anilines is 1. The molecule has 0 spiro atoms. The SMILES string of the molecule is COc1ccc(NC(=O)c2cc(-n3c(C)ccc3C)ccc2Cl)c(OC)c1. The number of carbonyl (C=O) groups is 1. The van der Waals surface area contributed by atoms with Crippen LogP contribution in [0, 0.1) is 13.8 Å². The Morgan fingerprint density at radius 1 is 0.963 bits per heavy atom. The molecule has 0 fully saturated rings. The highest BCUT2D eigenvalue weighted by Gasteiger charge is 2.16. The fourth-order valence-electron chi connectivity index (χ4n) is 2.99. The molecule has 3 rings (SSSR count). The van der Waals surface area contributed by atoms with Crippen molar-refractivity contribution in [2.45, 2.75) is 13.8 Å². The quantitative estimate of drug-likeness (QED) is 0.672. The Hall–Kier alpha value is -2.92. The molecule has 6 heteroatoms. The lowest BCUT2D eigenvalue weighted by atomic mass is 10.1. The summed E-state index contributed by atoms with van der Waals surface area (Å²) in [4.78, 5) is 12.9. The summed E-state index contributed by atoms with van der Waals surface area (Å²) in [6.07, 6.45) is 0. The number of methoxy groups -OCH3 is 2. The van der Waals surface area contributed by atoms with Gasteiger partial charge in [0, 0.05) is 23.1 Å². The Morgan fingerprint density at radius 2 is 1.67 bits per heavy atom. The number of halogens is 1. The van der Waals surface area contributed by atoms with Crippen molar-refractivity contribution in [3.8, 4) is 17.2 Å².